The molecule has 0 aromatic heterocycles. The molecule has 0 radical (unpaired) electrons. The number of likely N-dealkylation sites (tertiary alicyclic amines) is 2. The van der Waals surface area contributed by atoms with Crippen molar-refractivity contribution >= 4 is 17.9 Å². The average Bonchev–Trinajstić information content (AvgIpc) is 3.14. The Morgan fingerprint density at radius 2 is 2.00 bits per heavy atom. The van der Waals surface area contributed by atoms with Gasteiger partial charge in [0.25, 0.3) is 0 Å². The molecule has 27 heavy (non-hydrogen) atoms. The average molecular weight is 383 g/mol. The van der Waals surface area contributed by atoms with E-state index in [1.54, 1.807) is 4.90 Å². The predicted molar refractivity (Wildman–Crippen MR) is 96.8 cm³/mol. The summed E-state index contributed by atoms with van der Waals surface area (Å²) in [5, 5.41) is 12.3. The van der Waals surface area contributed by atoms with Crippen LogP contribution in [0, 0.1) is 23.7 Å². The summed E-state index contributed by atoms with van der Waals surface area (Å²) < 4.78 is 14.2. The Balaban J connectivity index is 1.55. The van der Waals surface area contributed by atoms with Gasteiger partial charge in [-0.1, -0.05) is 13.8 Å². The highest BCUT2D eigenvalue weighted by atomic mass is 19.1. The Bertz CT molecular complexity index is 600. The van der Waals surface area contributed by atoms with E-state index in [0.717, 1.165) is 12.8 Å². The first-order valence-corrected chi connectivity index (χ1v) is 9.97. The molecule has 0 aromatic carbocycles. The molecule has 5 atom stereocenters. The van der Waals surface area contributed by atoms with Crippen LogP contribution in [0.5, 0.6) is 0 Å². The van der Waals surface area contributed by atoms with E-state index in [1.807, 2.05) is 13.8 Å². The van der Waals surface area contributed by atoms with Crippen molar-refractivity contribution in [3.05, 3.63) is 0 Å². The number of hydrogen-bond acceptors (Lipinski definition) is 3. The van der Waals surface area contributed by atoms with Crippen molar-refractivity contribution in [2.45, 2.75) is 51.7 Å². The SMILES string of the molecule is CC(C)CNC(=O)N1CCCC(CC(=O)N2C[C@@H]3C[C@H](F)[C@H]2[C@H]3C(=O)O)C1. The van der Waals surface area contributed by atoms with Crippen molar-refractivity contribution in [2.75, 3.05) is 26.2 Å². The number of fused-ring (bicyclic) bond motifs is 2. The second kappa shape index (κ2) is 8.02. The lowest BCUT2D eigenvalue weighted by Gasteiger charge is -2.35. The zero-order valence-electron chi connectivity index (χ0n) is 16.1. The minimum absolute atomic E-state index is 0.0384. The van der Waals surface area contributed by atoms with Gasteiger partial charge in [0.1, 0.15) is 6.17 Å². The van der Waals surface area contributed by atoms with Crippen LogP contribution in [0.15, 0.2) is 0 Å². The highest BCUT2D eigenvalue weighted by Gasteiger charge is 2.57. The van der Waals surface area contributed by atoms with Gasteiger partial charge < -0.3 is 20.2 Å². The molecule has 1 saturated carbocycles. The summed E-state index contributed by atoms with van der Waals surface area (Å²) in [7, 11) is 0. The molecule has 2 aliphatic heterocycles. The third kappa shape index (κ3) is 4.19. The fraction of sp³-hybridized carbons (Fsp3) is 0.842. The van der Waals surface area contributed by atoms with Crippen LogP contribution in [0.3, 0.4) is 0 Å². The number of hydrogen-bond donors (Lipinski definition) is 2. The van der Waals surface area contributed by atoms with Crippen molar-refractivity contribution in [3.8, 4) is 0 Å². The van der Waals surface area contributed by atoms with Crippen molar-refractivity contribution in [1.29, 1.82) is 0 Å². The maximum absolute atomic E-state index is 14.2. The van der Waals surface area contributed by atoms with Gasteiger partial charge in [0.2, 0.25) is 5.91 Å². The van der Waals surface area contributed by atoms with Gasteiger partial charge in [0.15, 0.2) is 0 Å². The van der Waals surface area contributed by atoms with Gasteiger partial charge in [-0.05, 0) is 37.0 Å². The van der Waals surface area contributed by atoms with Crippen LogP contribution in [-0.4, -0.2) is 71.2 Å². The fourth-order valence-corrected chi connectivity index (χ4v) is 4.83. The summed E-state index contributed by atoms with van der Waals surface area (Å²) in [4.78, 5) is 39.7. The summed E-state index contributed by atoms with van der Waals surface area (Å²) in [5.41, 5.74) is 0. The number of amides is 3. The van der Waals surface area contributed by atoms with E-state index in [0.29, 0.717) is 32.1 Å². The van der Waals surface area contributed by atoms with E-state index in [2.05, 4.69) is 5.32 Å². The molecule has 1 aliphatic carbocycles. The van der Waals surface area contributed by atoms with Gasteiger partial charge in [0.05, 0.1) is 12.0 Å². The first-order valence-electron chi connectivity index (χ1n) is 9.97. The number of carboxylic acids is 1. The van der Waals surface area contributed by atoms with Crippen LogP contribution in [0.2, 0.25) is 0 Å². The second-order valence-electron chi connectivity index (χ2n) is 8.65. The molecule has 3 aliphatic rings. The molecule has 2 heterocycles. The van der Waals surface area contributed by atoms with E-state index in [9.17, 15) is 23.9 Å². The normalized spacial score (nSPS) is 32.8. The minimum atomic E-state index is -1.25. The molecule has 3 amide bonds. The number of carbonyl (C=O) groups is 3. The molecular formula is C19H30FN3O4. The number of piperidine rings is 2. The second-order valence-corrected chi connectivity index (χ2v) is 8.65. The topological polar surface area (TPSA) is 90.0 Å². The number of urea groups is 1. The first-order chi connectivity index (χ1) is 12.8. The summed E-state index contributed by atoms with van der Waals surface area (Å²) in [6.45, 7) is 6.21. The molecule has 0 aromatic rings. The summed E-state index contributed by atoms with van der Waals surface area (Å²) in [6, 6.07) is -0.926. The Labute approximate surface area is 159 Å². The zero-order valence-corrected chi connectivity index (χ0v) is 16.1. The fourth-order valence-electron chi connectivity index (χ4n) is 4.83. The molecule has 3 fully saturated rings. The van der Waals surface area contributed by atoms with Crippen LogP contribution in [0.4, 0.5) is 9.18 Å². The lowest BCUT2D eigenvalue weighted by atomic mass is 9.94. The third-order valence-corrected chi connectivity index (χ3v) is 6.10. The molecule has 152 valence electrons. The summed E-state index contributed by atoms with van der Waals surface area (Å²) in [6.07, 6.45) is 0.916. The number of nitrogens with zero attached hydrogens (tertiary/aromatic N) is 2. The lowest BCUT2D eigenvalue weighted by Crippen LogP contribution is -2.49. The molecule has 1 unspecified atom stereocenters. The van der Waals surface area contributed by atoms with Gasteiger partial charge in [-0.2, -0.15) is 0 Å². The van der Waals surface area contributed by atoms with Crippen molar-refractivity contribution in [2.24, 2.45) is 23.7 Å². The molecular weight excluding hydrogens is 353 g/mol. The van der Waals surface area contributed by atoms with Crippen LogP contribution in [-0.2, 0) is 9.59 Å². The molecule has 2 bridgehead atoms. The smallest absolute Gasteiger partial charge is 0.317 e. The Morgan fingerprint density at radius 1 is 1.26 bits per heavy atom. The van der Waals surface area contributed by atoms with Gasteiger partial charge in [-0.3, -0.25) is 9.59 Å². The molecule has 2 N–H and O–H groups in total. The van der Waals surface area contributed by atoms with Crippen LogP contribution < -0.4 is 5.32 Å². The van der Waals surface area contributed by atoms with Crippen LogP contribution >= 0.6 is 0 Å². The quantitative estimate of drug-likeness (QED) is 0.756. The Hall–Kier alpha value is -1.86. The predicted octanol–water partition coefficient (Wildman–Crippen LogP) is 1.72. The van der Waals surface area contributed by atoms with E-state index in [4.69, 9.17) is 0 Å². The zero-order chi connectivity index (χ0) is 19.7. The number of nitrogens with one attached hydrogen (secondary N) is 1. The number of rotatable bonds is 5. The van der Waals surface area contributed by atoms with Gasteiger partial charge >= 0.3 is 12.0 Å². The van der Waals surface area contributed by atoms with Crippen LogP contribution in [0.1, 0.15) is 39.5 Å². The Kier molecular flexibility index (Phi) is 5.91. The molecule has 8 heteroatoms. The maximum Gasteiger partial charge on any atom is 0.317 e. The summed E-state index contributed by atoms with van der Waals surface area (Å²) in [5.74, 6) is -1.84. The molecule has 0 spiro atoms. The Morgan fingerprint density at radius 3 is 2.63 bits per heavy atom. The van der Waals surface area contributed by atoms with Gasteiger partial charge in [-0.15, -0.1) is 0 Å². The van der Waals surface area contributed by atoms with Crippen molar-refractivity contribution < 1.29 is 23.9 Å². The minimum Gasteiger partial charge on any atom is -0.481 e. The van der Waals surface area contributed by atoms with Crippen molar-refractivity contribution in [3.63, 3.8) is 0 Å². The van der Waals surface area contributed by atoms with E-state index >= 15 is 0 Å². The van der Waals surface area contributed by atoms with E-state index in [1.165, 1.54) is 4.90 Å². The highest BCUT2D eigenvalue weighted by molar-refractivity contribution is 5.81. The van der Waals surface area contributed by atoms with Crippen LogP contribution in [0.25, 0.3) is 0 Å². The number of alkyl halides is 1. The number of carbonyl (C=O) groups excluding carboxylic acids is 2. The monoisotopic (exact) mass is 383 g/mol. The molecule has 7 nitrogen and oxygen atoms in total. The van der Waals surface area contributed by atoms with Gasteiger partial charge in [0, 0.05) is 32.6 Å². The summed E-state index contributed by atoms with van der Waals surface area (Å²) >= 11 is 0. The molecule has 3 rings (SSSR count). The van der Waals surface area contributed by atoms with E-state index in [-0.39, 0.29) is 36.6 Å². The maximum atomic E-state index is 14.2. The number of aliphatic carboxylic acids is 1. The largest absolute Gasteiger partial charge is 0.481 e. The molecule has 2 saturated heterocycles. The number of carboxylic acid groups (broad SMARTS) is 1. The first kappa shape index (κ1) is 19.9. The van der Waals surface area contributed by atoms with E-state index < -0.39 is 24.1 Å². The van der Waals surface area contributed by atoms with Gasteiger partial charge in [-0.25, -0.2) is 9.18 Å². The standard InChI is InChI=1S/C19H30FN3O4/c1-11(2)8-21-19(27)22-5-3-4-12(9-22)6-15(24)23-10-13-7-14(20)17(23)16(13)18(25)26/h11-14,16-17H,3-10H2,1-2H3,(H,21,27)(H,25,26)/t12?,13-,14-,16-,17-/m0/s1. The third-order valence-electron chi connectivity index (χ3n) is 6.10. The van der Waals surface area contributed by atoms with Crippen molar-refractivity contribution in [1.82, 2.24) is 15.1 Å². The lowest BCUT2D eigenvalue weighted by molar-refractivity contribution is -0.144. The number of halogens is 1. The highest BCUT2D eigenvalue weighted by Crippen LogP contribution is 2.45.